The van der Waals surface area contributed by atoms with Gasteiger partial charge in [-0.3, -0.25) is 0 Å². The zero-order chi connectivity index (χ0) is 16.2. The molecule has 2 aliphatic rings. The lowest BCUT2D eigenvalue weighted by Crippen LogP contribution is -2.29. The van der Waals surface area contributed by atoms with E-state index in [1.54, 1.807) is 0 Å². The quantitative estimate of drug-likeness (QED) is 0.923. The van der Waals surface area contributed by atoms with E-state index >= 15 is 0 Å². The third kappa shape index (κ3) is 4.21. The van der Waals surface area contributed by atoms with Gasteiger partial charge in [-0.1, -0.05) is 0 Å². The monoisotopic (exact) mass is 324 g/mol. The van der Waals surface area contributed by atoms with Crippen molar-refractivity contribution in [1.82, 2.24) is 10.2 Å². The van der Waals surface area contributed by atoms with Gasteiger partial charge in [0.1, 0.15) is 6.10 Å². The van der Waals surface area contributed by atoms with E-state index < -0.39 is 11.6 Å². The molecule has 2 heterocycles. The van der Waals surface area contributed by atoms with Gasteiger partial charge in [0.25, 0.3) is 0 Å². The maximum Gasteiger partial charge on any atom is 0.191 e. The minimum absolute atomic E-state index is 0.108. The first-order valence-electron chi connectivity index (χ1n) is 8.68. The lowest BCUT2D eigenvalue weighted by molar-refractivity contribution is 0.170. The first kappa shape index (κ1) is 16.7. The second-order valence-electron chi connectivity index (χ2n) is 6.81. The predicted octanol–water partition coefficient (Wildman–Crippen LogP) is 3.29. The summed E-state index contributed by atoms with van der Waals surface area (Å²) in [6.07, 6.45) is 4.39. The minimum atomic E-state index is -0.559. The van der Waals surface area contributed by atoms with Crippen LogP contribution >= 0.6 is 0 Å². The van der Waals surface area contributed by atoms with Crippen molar-refractivity contribution in [2.45, 2.75) is 44.1 Å². The highest BCUT2D eigenvalue weighted by Gasteiger charge is 2.23. The van der Waals surface area contributed by atoms with Crippen molar-refractivity contribution in [2.75, 3.05) is 33.2 Å². The molecule has 5 heteroatoms. The summed E-state index contributed by atoms with van der Waals surface area (Å²) >= 11 is 0. The van der Waals surface area contributed by atoms with Crippen LogP contribution in [0.5, 0.6) is 5.75 Å². The first-order chi connectivity index (χ1) is 11.1. The summed E-state index contributed by atoms with van der Waals surface area (Å²) in [7, 11) is 2.08. The molecule has 0 radical (unpaired) electrons. The van der Waals surface area contributed by atoms with Crippen LogP contribution in [0.3, 0.4) is 0 Å². The van der Waals surface area contributed by atoms with Gasteiger partial charge >= 0.3 is 0 Å². The summed E-state index contributed by atoms with van der Waals surface area (Å²) in [6.45, 7) is 3.73. The van der Waals surface area contributed by atoms with E-state index in [1.165, 1.54) is 12.1 Å². The van der Waals surface area contributed by atoms with Crippen molar-refractivity contribution in [3.05, 3.63) is 29.3 Å². The molecule has 0 aliphatic carbocycles. The Morgan fingerprint density at radius 1 is 1.04 bits per heavy atom. The topological polar surface area (TPSA) is 24.5 Å². The zero-order valence-corrected chi connectivity index (χ0v) is 13.8. The number of hydrogen-bond donors (Lipinski definition) is 1. The van der Waals surface area contributed by atoms with Gasteiger partial charge in [0.05, 0.1) is 0 Å². The van der Waals surface area contributed by atoms with E-state index in [9.17, 15) is 8.78 Å². The molecule has 2 aliphatic heterocycles. The van der Waals surface area contributed by atoms with Crippen LogP contribution in [0.2, 0.25) is 0 Å². The lowest BCUT2D eigenvalue weighted by atomic mass is 9.89. The Morgan fingerprint density at radius 3 is 2.43 bits per heavy atom. The maximum atomic E-state index is 14.4. The molecular weight excluding hydrogens is 298 g/mol. The molecule has 23 heavy (non-hydrogen) atoms. The Labute approximate surface area is 137 Å². The Hall–Kier alpha value is -1.20. The molecule has 1 aromatic carbocycles. The van der Waals surface area contributed by atoms with Gasteiger partial charge < -0.3 is 15.0 Å². The number of hydrogen-bond acceptors (Lipinski definition) is 3. The fraction of sp³-hybridized carbons (Fsp3) is 0.667. The molecule has 3 nitrogen and oxygen atoms in total. The molecule has 3 rings (SSSR count). The van der Waals surface area contributed by atoms with E-state index in [0.29, 0.717) is 0 Å². The SMILES string of the molecule is CN1CCC(c2cc(F)c(OC3CCCNCC3)c(F)c2)CC1. The zero-order valence-electron chi connectivity index (χ0n) is 13.8. The van der Waals surface area contributed by atoms with E-state index in [-0.39, 0.29) is 17.8 Å². The fourth-order valence-electron chi connectivity index (χ4n) is 3.54. The number of nitrogens with zero attached hydrogens (tertiary/aromatic N) is 1. The second-order valence-corrected chi connectivity index (χ2v) is 6.81. The third-order valence-corrected chi connectivity index (χ3v) is 5.02. The summed E-state index contributed by atoms with van der Waals surface area (Å²) < 4.78 is 34.5. The predicted molar refractivity (Wildman–Crippen MR) is 87.0 cm³/mol. The van der Waals surface area contributed by atoms with Crippen LogP contribution in [-0.4, -0.2) is 44.2 Å². The third-order valence-electron chi connectivity index (χ3n) is 5.02. The van der Waals surface area contributed by atoms with Crippen molar-refractivity contribution in [3.63, 3.8) is 0 Å². The van der Waals surface area contributed by atoms with E-state index in [4.69, 9.17) is 4.74 Å². The fourth-order valence-corrected chi connectivity index (χ4v) is 3.54. The largest absolute Gasteiger partial charge is 0.484 e. The highest BCUT2D eigenvalue weighted by Crippen LogP contribution is 2.33. The van der Waals surface area contributed by atoms with Crippen molar-refractivity contribution in [1.29, 1.82) is 0 Å². The van der Waals surface area contributed by atoms with Crippen molar-refractivity contribution >= 4 is 0 Å². The van der Waals surface area contributed by atoms with Crippen LogP contribution < -0.4 is 10.1 Å². The highest BCUT2D eigenvalue weighted by molar-refractivity contribution is 5.33. The average Bonchev–Trinajstić information content (AvgIpc) is 2.80. The first-order valence-corrected chi connectivity index (χ1v) is 8.68. The number of nitrogens with one attached hydrogen (secondary N) is 1. The van der Waals surface area contributed by atoms with Crippen molar-refractivity contribution in [2.24, 2.45) is 0 Å². The Kier molecular flexibility index (Phi) is 5.49. The number of ether oxygens (including phenoxy) is 1. The van der Waals surface area contributed by atoms with Gasteiger partial charge in [-0.15, -0.1) is 0 Å². The standard InChI is InChI=1S/C18H26F2N2O/c1-22-9-5-13(6-10-22)14-11-16(19)18(17(20)12-14)23-15-3-2-7-21-8-4-15/h11-13,15,21H,2-10H2,1H3. The van der Waals surface area contributed by atoms with Crippen LogP contribution in [0.25, 0.3) is 0 Å². The van der Waals surface area contributed by atoms with E-state index in [0.717, 1.165) is 63.8 Å². The van der Waals surface area contributed by atoms with Crippen LogP contribution in [0, 0.1) is 11.6 Å². The summed E-state index contributed by atoms with van der Waals surface area (Å²) in [5.41, 5.74) is 0.767. The van der Waals surface area contributed by atoms with Gasteiger partial charge in [-0.05, 0) is 88.9 Å². The summed E-state index contributed by atoms with van der Waals surface area (Å²) in [6, 6.07) is 2.95. The molecule has 1 aromatic rings. The van der Waals surface area contributed by atoms with Crippen LogP contribution in [0.15, 0.2) is 12.1 Å². The second kappa shape index (κ2) is 7.58. The molecule has 0 bridgehead atoms. The van der Waals surface area contributed by atoms with E-state index in [1.807, 2.05) is 0 Å². The molecular formula is C18H26F2N2O. The molecule has 1 N–H and O–H groups in total. The normalized spacial score (nSPS) is 24.4. The smallest absolute Gasteiger partial charge is 0.191 e. The van der Waals surface area contributed by atoms with Gasteiger partial charge in [0.15, 0.2) is 17.4 Å². The number of rotatable bonds is 3. The number of benzene rings is 1. The molecule has 0 spiro atoms. The van der Waals surface area contributed by atoms with Gasteiger partial charge in [-0.25, -0.2) is 8.78 Å². The molecule has 0 aromatic heterocycles. The summed E-state index contributed by atoms with van der Waals surface area (Å²) in [5.74, 6) is -1.08. The highest BCUT2D eigenvalue weighted by atomic mass is 19.1. The van der Waals surface area contributed by atoms with Crippen LogP contribution in [-0.2, 0) is 0 Å². The minimum Gasteiger partial charge on any atom is -0.484 e. The molecule has 0 amide bonds. The van der Waals surface area contributed by atoms with Gasteiger partial charge in [0.2, 0.25) is 0 Å². The Balaban J connectivity index is 1.72. The average molecular weight is 324 g/mol. The lowest BCUT2D eigenvalue weighted by Gasteiger charge is -2.29. The van der Waals surface area contributed by atoms with Gasteiger partial charge in [0, 0.05) is 0 Å². The number of piperidine rings is 1. The van der Waals surface area contributed by atoms with Crippen LogP contribution in [0.1, 0.15) is 43.6 Å². The Morgan fingerprint density at radius 2 is 1.74 bits per heavy atom. The molecule has 0 saturated carbocycles. The van der Waals surface area contributed by atoms with Crippen molar-refractivity contribution in [3.8, 4) is 5.75 Å². The van der Waals surface area contributed by atoms with Gasteiger partial charge in [-0.2, -0.15) is 0 Å². The van der Waals surface area contributed by atoms with Crippen LogP contribution in [0.4, 0.5) is 8.78 Å². The molecule has 2 fully saturated rings. The van der Waals surface area contributed by atoms with Crippen molar-refractivity contribution < 1.29 is 13.5 Å². The Bertz CT molecular complexity index is 499. The molecule has 128 valence electrons. The summed E-state index contributed by atoms with van der Waals surface area (Å²) in [5, 5.41) is 3.28. The molecule has 1 unspecified atom stereocenters. The molecule has 2 saturated heterocycles. The maximum absolute atomic E-state index is 14.4. The molecule has 1 atom stereocenters. The summed E-state index contributed by atoms with van der Waals surface area (Å²) in [4.78, 5) is 2.25. The number of likely N-dealkylation sites (tertiary alicyclic amines) is 1. The van der Waals surface area contributed by atoms with E-state index in [2.05, 4.69) is 17.3 Å². The number of halogens is 2.